The molecule has 134 valence electrons. The van der Waals surface area contributed by atoms with Crippen molar-refractivity contribution in [2.45, 2.75) is 27.7 Å². The van der Waals surface area contributed by atoms with E-state index in [-0.39, 0.29) is 5.91 Å². The van der Waals surface area contributed by atoms with Crippen LogP contribution in [0.4, 0.5) is 10.8 Å². The fourth-order valence-corrected chi connectivity index (χ4v) is 4.16. The van der Waals surface area contributed by atoms with Crippen molar-refractivity contribution < 1.29 is 4.79 Å². The number of carbonyl (C=O) groups is 1. The first-order chi connectivity index (χ1) is 11.9. The van der Waals surface area contributed by atoms with Crippen LogP contribution in [0.15, 0.2) is 18.3 Å². The Hall–Kier alpha value is -1.92. The van der Waals surface area contributed by atoms with Crippen molar-refractivity contribution in [1.29, 1.82) is 0 Å². The molecule has 6 heteroatoms. The van der Waals surface area contributed by atoms with Crippen molar-refractivity contribution in [1.82, 2.24) is 9.88 Å². The number of nitrogens with one attached hydrogen (secondary N) is 1. The minimum atomic E-state index is 0.0635. The zero-order chi connectivity index (χ0) is 18.0. The fourth-order valence-electron chi connectivity index (χ4n) is 3.35. The van der Waals surface area contributed by atoms with Crippen molar-refractivity contribution in [3.8, 4) is 0 Å². The molecule has 1 aromatic heterocycles. The molecule has 0 saturated carbocycles. The highest BCUT2D eigenvalue weighted by molar-refractivity contribution is 7.15. The summed E-state index contributed by atoms with van der Waals surface area (Å²) in [6, 6.07) is 4.22. The predicted octanol–water partition coefficient (Wildman–Crippen LogP) is 3.14. The Labute approximate surface area is 153 Å². The lowest BCUT2D eigenvalue weighted by Crippen LogP contribution is -2.48. The minimum absolute atomic E-state index is 0.0635. The summed E-state index contributed by atoms with van der Waals surface area (Å²) in [6.07, 6.45) is 1.92. The van der Waals surface area contributed by atoms with Gasteiger partial charge in [0.2, 0.25) is 5.91 Å². The number of aryl methyl sites for hydroxylation is 4. The van der Waals surface area contributed by atoms with E-state index in [9.17, 15) is 4.79 Å². The van der Waals surface area contributed by atoms with Crippen LogP contribution >= 0.6 is 11.3 Å². The molecule has 1 amide bonds. The molecule has 1 saturated heterocycles. The van der Waals surface area contributed by atoms with Crippen molar-refractivity contribution in [3.05, 3.63) is 39.9 Å². The second-order valence-electron chi connectivity index (χ2n) is 6.84. The molecule has 2 heterocycles. The first-order valence-corrected chi connectivity index (χ1v) is 9.51. The molecule has 0 unspecified atom stereocenters. The quantitative estimate of drug-likeness (QED) is 0.912. The number of thiazole rings is 1. The average molecular weight is 359 g/mol. The van der Waals surface area contributed by atoms with Crippen molar-refractivity contribution >= 4 is 28.1 Å². The number of aromatic nitrogens is 1. The Bertz CT molecular complexity index is 740. The van der Waals surface area contributed by atoms with Gasteiger partial charge in [-0.05, 0) is 38.8 Å². The molecule has 1 N–H and O–H groups in total. The van der Waals surface area contributed by atoms with E-state index in [1.165, 1.54) is 10.4 Å². The van der Waals surface area contributed by atoms with E-state index in [1.54, 1.807) is 11.3 Å². The minimum Gasteiger partial charge on any atom is -0.346 e. The van der Waals surface area contributed by atoms with Crippen LogP contribution in [0.5, 0.6) is 0 Å². The Morgan fingerprint density at radius 2 is 1.76 bits per heavy atom. The molecule has 3 rings (SSSR count). The van der Waals surface area contributed by atoms with Gasteiger partial charge < -0.3 is 10.2 Å². The molecule has 1 aliphatic heterocycles. The second-order valence-corrected chi connectivity index (χ2v) is 8.05. The Kier molecular flexibility index (Phi) is 5.39. The van der Waals surface area contributed by atoms with Crippen LogP contribution in [0.2, 0.25) is 0 Å². The Balaban J connectivity index is 1.53. The van der Waals surface area contributed by atoms with Crippen LogP contribution in [0, 0.1) is 27.7 Å². The number of piperazine rings is 1. The number of hydrogen-bond donors (Lipinski definition) is 1. The van der Waals surface area contributed by atoms with Gasteiger partial charge in [-0.3, -0.25) is 9.69 Å². The first kappa shape index (κ1) is 17.9. The molecule has 2 aromatic rings. The normalized spacial score (nSPS) is 15.4. The first-order valence-electron chi connectivity index (χ1n) is 8.70. The smallest absolute Gasteiger partial charge is 0.238 e. The van der Waals surface area contributed by atoms with Crippen LogP contribution < -0.4 is 10.2 Å². The summed E-state index contributed by atoms with van der Waals surface area (Å²) >= 11 is 1.73. The SMILES string of the molecule is Cc1cc(C)c(NC(=O)CN2CCN(c3ncc(C)s3)CC2)c(C)c1. The average Bonchev–Trinajstić information content (AvgIpc) is 2.98. The summed E-state index contributed by atoms with van der Waals surface area (Å²) in [5.41, 5.74) is 4.42. The lowest BCUT2D eigenvalue weighted by atomic mass is 10.1. The summed E-state index contributed by atoms with van der Waals surface area (Å²) in [4.78, 5) is 22.7. The molecular weight excluding hydrogens is 332 g/mol. The molecular formula is C19H26N4OS. The summed E-state index contributed by atoms with van der Waals surface area (Å²) in [5, 5.41) is 4.19. The van der Waals surface area contributed by atoms with Gasteiger partial charge >= 0.3 is 0 Å². The number of amides is 1. The van der Waals surface area contributed by atoms with Crippen LogP contribution in [0.1, 0.15) is 21.6 Å². The molecule has 1 aromatic carbocycles. The summed E-state index contributed by atoms with van der Waals surface area (Å²) in [5.74, 6) is 0.0635. The molecule has 1 fully saturated rings. The van der Waals surface area contributed by atoms with Crippen molar-refractivity contribution in [2.75, 3.05) is 42.9 Å². The number of benzene rings is 1. The molecule has 0 spiro atoms. The standard InChI is InChI=1S/C19H26N4OS/c1-13-9-14(2)18(15(3)10-13)21-17(24)12-22-5-7-23(8-6-22)19-20-11-16(4)25-19/h9-11H,5-8,12H2,1-4H3,(H,21,24). The van der Waals surface area contributed by atoms with E-state index in [1.807, 2.05) is 20.0 Å². The summed E-state index contributed by atoms with van der Waals surface area (Å²) in [7, 11) is 0. The second kappa shape index (κ2) is 7.54. The monoisotopic (exact) mass is 358 g/mol. The van der Waals surface area contributed by atoms with Crippen LogP contribution in [0.3, 0.4) is 0 Å². The number of carbonyl (C=O) groups excluding carboxylic acids is 1. The Morgan fingerprint density at radius 1 is 1.12 bits per heavy atom. The summed E-state index contributed by atoms with van der Waals surface area (Å²) in [6.45, 7) is 12.3. The largest absolute Gasteiger partial charge is 0.346 e. The third kappa shape index (κ3) is 4.38. The highest BCUT2D eigenvalue weighted by atomic mass is 32.1. The number of rotatable bonds is 4. The van der Waals surface area contributed by atoms with E-state index in [2.05, 4.69) is 46.1 Å². The third-order valence-corrected chi connectivity index (χ3v) is 5.53. The lowest BCUT2D eigenvalue weighted by Gasteiger charge is -2.34. The van der Waals surface area contributed by atoms with Crippen LogP contribution in [0.25, 0.3) is 0 Å². The molecule has 0 radical (unpaired) electrons. The molecule has 0 atom stereocenters. The zero-order valence-corrected chi connectivity index (χ0v) is 16.2. The van der Waals surface area contributed by atoms with Gasteiger partial charge in [0.1, 0.15) is 0 Å². The van der Waals surface area contributed by atoms with Gasteiger partial charge in [0.15, 0.2) is 5.13 Å². The highest BCUT2D eigenvalue weighted by Gasteiger charge is 2.21. The van der Waals surface area contributed by atoms with Gasteiger partial charge in [-0.15, -0.1) is 11.3 Å². The van der Waals surface area contributed by atoms with E-state index in [0.717, 1.165) is 48.1 Å². The molecule has 25 heavy (non-hydrogen) atoms. The molecule has 1 aliphatic rings. The van der Waals surface area contributed by atoms with Crippen molar-refractivity contribution in [3.63, 3.8) is 0 Å². The van der Waals surface area contributed by atoms with Crippen LogP contribution in [-0.4, -0.2) is 48.5 Å². The zero-order valence-electron chi connectivity index (χ0n) is 15.4. The number of hydrogen-bond acceptors (Lipinski definition) is 5. The molecule has 0 aliphatic carbocycles. The highest BCUT2D eigenvalue weighted by Crippen LogP contribution is 2.23. The molecule has 0 bridgehead atoms. The number of anilines is 2. The van der Waals surface area contributed by atoms with Gasteiger partial charge in [0.25, 0.3) is 0 Å². The topological polar surface area (TPSA) is 48.5 Å². The van der Waals surface area contributed by atoms with E-state index in [0.29, 0.717) is 6.54 Å². The van der Waals surface area contributed by atoms with Gasteiger partial charge in [-0.25, -0.2) is 4.98 Å². The van der Waals surface area contributed by atoms with E-state index < -0.39 is 0 Å². The fraction of sp³-hybridized carbons (Fsp3) is 0.474. The third-order valence-electron chi connectivity index (χ3n) is 4.56. The Morgan fingerprint density at radius 3 is 2.32 bits per heavy atom. The van der Waals surface area contributed by atoms with Gasteiger partial charge in [-0.1, -0.05) is 17.7 Å². The van der Waals surface area contributed by atoms with E-state index in [4.69, 9.17) is 0 Å². The van der Waals surface area contributed by atoms with Crippen LogP contribution in [-0.2, 0) is 4.79 Å². The lowest BCUT2D eigenvalue weighted by molar-refractivity contribution is -0.117. The maximum absolute atomic E-state index is 12.4. The number of nitrogens with zero attached hydrogens (tertiary/aromatic N) is 3. The van der Waals surface area contributed by atoms with Gasteiger partial charge in [0.05, 0.1) is 6.54 Å². The van der Waals surface area contributed by atoms with Gasteiger partial charge in [-0.2, -0.15) is 0 Å². The predicted molar refractivity (Wildman–Crippen MR) is 105 cm³/mol. The van der Waals surface area contributed by atoms with Crippen molar-refractivity contribution in [2.24, 2.45) is 0 Å². The summed E-state index contributed by atoms with van der Waals surface area (Å²) < 4.78 is 0. The van der Waals surface area contributed by atoms with E-state index >= 15 is 0 Å². The van der Waals surface area contributed by atoms with Gasteiger partial charge in [0, 0.05) is 42.9 Å². The maximum atomic E-state index is 12.4. The maximum Gasteiger partial charge on any atom is 0.238 e. The molecule has 5 nitrogen and oxygen atoms in total.